The second-order valence-corrected chi connectivity index (χ2v) is 8.61. The zero-order valence-corrected chi connectivity index (χ0v) is 14.8. The van der Waals surface area contributed by atoms with Gasteiger partial charge in [-0.3, -0.25) is 0 Å². The Labute approximate surface area is 143 Å². The monoisotopic (exact) mass is 345 g/mol. The number of ether oxygens (including phenoxy) is 1. The third-order valence-electron chi connectivity index (χ3n) is 5.02. The van der Waals surface area contributed by atoms with Crippen molar-refractivity contribution in [2.75, 3.05) is 20.3 Å². The van der Waals surface area contributed by atoms with Gasteiger partial charge in [0, 0.05) is 25.0 Å². The Kier molecular flexibility index (Phi) is 4.51. The quantitative estimate of drug-likeness (QED) is 0.873. The van der Waals surface area contributed by atoms with Gasteiger partial charge in [-0.25, -0.2) is 8.42 Å². The van der Waals surface area contributed by atoms with Crippen molar-refractivity contribution in [1.29, 1.82) is 0 Å². The van der Waals surface area contributed by atoms with E-state index in [2.05, 4.69) is 0 Å². The summed E-state index contributed by atoms with van der Waals surface area (Å²) in [7, 11) is -1.89. The van der Waals surface area contributed by atoms with E-state index in [1.807, 2.05) is 49.4 Å². The lowest BCUT2D eigenvalue weighted by Crippen LogP contribution is -2.28. The van der Waals surface area contributed by atoms with Crippen molar-refractivity contribution in [3.8, 4) is 0 Å². The van der Waals surface area contributed by atoms with Crippen LogP contribution >= 0.6 is 0 Å². The molecular formula is C19H23NO3S. The molecule has 4 nitrogen and oxygen atoms in total. The molecular weight excluding hydrogens is 322 g/mol. The molecule has 1 aliphatic carbocycles. The lowest BCUT2D eigenvalue weighted by molar-refractivity contribution is 0.142. The minimum Gasteiger partial charge on any atom is -0.384 e. The Morgan fingerprint density at radius 3 is 2.25 bits per heavy atom. The number of aryl methyl sites for hydroxylation is 1. The van der Waals surface area contributed by atoms with Crippen molar-refractivity contribution in [2.45, 2.75) is 23.0 Å². The van der Waals surface area contributed by atoms with Gasteiger partial charge in [0.2, 0.25) is 0 Å². The standard InChI is InChI=1S/C19H23NO3S/c1-14-8-10-16(11-9-14)24(21,22)18-17(15-6-4-3-5-7-15)19(18,12-20)13-23-2/h3-11,17-18H,12-13,20H2,1-2H3/t17-,18+,19-/m1/s1. The minimum absolute atomic E-state index is 0.144. The molecule has 1 fully saturated rings. The predicted molar refractivity (Wildman–Crippen MR) is 94.7 cm³/mol. The normalized spacial score (nSPS) is 26.3. The highest BCUT2D eigenvalue weighted by molar-refractivity contribution is 7.92. The Balaban J connectivity index is 2.05. The summed E-state index contributed by atoms with van der Waals surface area (Å²) in [6.07, 6.45) is 0. The van der Waals surface area contributed by atoms with Crippen LogP contribution in [0.4, 0.5) is 0 Å². The molecule has 128 valence electrons. The van der Waals surface area contributed by atoms with Crippen LogP contribution < -0.4 is 5.73 Å². The summed E-state index contributed by atoms with van der Waals surface area (Å²) in [5, 5.41) is -0.556. The van der Waals surface area contributed by atoms with Gasteiger partial charge in [0.1, 0.15) is 0 Å². The molecule has 2 aromatic carbocycles. The van der Waals surface area contributed by atoms with Gasteiger partial charge in [-0.05, 0) is 24.6 Å². The van der Waals surface area contributed by atoms with Crippen molar-refractivity contribution in [3.05, 3.63) is 65.7 Å². The topological polar surface area (TPSA) is 69.4 Å². The average Bonchev–Trinajstić information content (AvgIpc) is 3.26. The van der Waals surface area contributed by atoms with Crippen LogP contribution in [0, 0.1) is 12.3 Å². The molecule has 3 atom stereocenters. The summed E-state index contributed by atoms with van der Waals surface area (Å²) in [6, 6.07) is 16.7. The Bertz CT molecular complexity index is 802. The minimum atomic E-state index is -3.48. The number of hydrogen-bond acceptors (Lipinski definition) is 4. The molecule has 24 heavy (non-hydrogen) atoms. The van der Waals surface area contributed by atoms with Gasteiger partial charge in [-0.1, -0.05) is 48.0 Å². The van der Waals surface area contributed by atoms with Crippen LogP contribution in [-0.2, 0) is 14.6 Å². The van der Waals surface area contributed by atoms with Gasteiger partial charge < -0.3 is 10.5 Å². The maximum Gasteiger partial charge on any atom is 0.182 e. The van der Waals surface area contributed by atoms with E-state index in [1.54, 1.807) is 19.2 Å². The lowest BCUT2D eigenvalue weighted by atomic mass is 10.0. The molecule has 0 aliphatic heterocycles. The van der Waals surface area contributed by atoms with E-state index >= 15 is 0 Å². The number of rotatable bonds is 6. The van der Waals surface area contributed by atoms with Gasteiger partial charge in [0.05, 0.1) is 16.8 Å². The fourth-order valence-corrected chi connectivity index (χ4v) is 6.17. The van der Waals surface area contributed by atoms with E-state index < -0.39 is 20.5 Å². The predicted octanol–water partition coefficient (Wildman–Crippen LogP) is 2.53. The Hall–Kier alpha value is -1.69. The Morgan fingerprint density at radius 1 is 1.08 bits per heavy atom. The van der Waals surface area contributed by atoms with Crippen LogP contribution in [-0.4, -0.2) is 33.9 Å². The molecule has 5 heteroatoms. The summed E-state index contributed by atoms with van der Waals surface area (Å²) in [5.41, 5.74) is 7.49. The van der Waals surface area contributed by atoms with E-state index in [4.69, 9.17) is 10.5 Å². The largest absolute Gasteiger partial charge is 0.384 e. The molecule has 0 aromatic heterocycles. The Morgan fingerprint density at radius 2 is 1.71 bits per heavy atom. The summed E-state index contributed by atoms with van der Waals surface area (Å²) in [5.74, 6) is -0.144. The molecule has 0 bridgehead atoms. The summed E-state index contributed by atoms with van der Waals surface area (Å²) in [4.78, 5) is 0.352. The lowest BCUT2D eigenvalue weighted by Gasteiger charge is -2.15. The van der Waals surface area contributed by atoms with Crippen LogP contribution in [0.1, 0.15) is 17.0 Å². The zero-order chi connectivity index (χ0) is 17.4. The van der Waals surface area contributed by atoms with E-state index in [9.17, 15) is 8.42 Å². The summed E-state index contributed by atoms with van der Waals surface area (Å²) in [6.45, 7) is 2.55. The molecule has 2 N–H and O–H groups in total. The van der Waals surface area contributed by atoms with Crippen molar-refractivity contribution in [1.82, 2.24) is 0 Å². The molecule has 3 rings (SSSR count). The van der Waals surface area contributed by atoms with Gasteiger partial charge >= 0.3 is 0 Å². The average molecular weight is 345 g/mol. The SMILES string of the molecule is COC[C@]1(CN)[C@H](c2ccccc2)[C@@H]1S(=O)(=O)c1ccc(C)cc1. The third kappa shape index (κ3) is 2.66. The number of benzene rings is 2. The molecule has 0 heterocycles. The fourth-order valence-electron chi connectivity index (χ4n) is 3.73. The molecule has 2 aromatic rings. The van der Waals surface area contributed by atoms with E-state index in [0.29, 0.717) is 11.5 Å². The first-order chi connectivity index (χ1) is 11.5. The zero-order valence-electron chi connectivity index (χ0n) is 14.0. The fraction of sp³-hybridized carbons (Fsp3) is 0.368. The first kappa shape index (κ1) is 17.1. The highest BCUT2D eigenvalue weighted by atomic mass is 32.2. The van der Waals surface area contributed by atoms with Crippen LogP contribution in [0.15, 0.2) is 59.5 Å². The van der Waals surface area contributed by atoms with Gasteiger partial charge in [-0.2, -0.15) is 0 Å². The molecule has 0 saturated heterocycles. The first-order valence-corrected chi connectivity index (χ1v) is 9.56. The number of sulfone groups is 1. The van der Waals surface area contributed by atoms with Crippen LogP contribution in [0.5, 0.6) is 0 Å². The number of hydrogen-bond donors (Lipinski definition) is 1. The highest BCUT2D eigenvalue weighted by Gasteiger charge is 2.70. The summed E-state index contributed by atoms with van der Waals surface area (Å²) >= 11 is 0. The summed E-state index contributed by atoms with van der Waals surface area (Å²) < 4.78 is 31.8. The second-order valence-electron chi connectivity index (χ2n) is 6.54. The first-order valence-electron chi connectivity index (χ1n) is 8.02. The smallest absolute Gasteiger partial charge is 0.182 e. The number of nitrogens with two attached hydrogens (primary N) is 1. The van der Waals surface area contributed by atoms with Crippen molar-refractivity contribution in [3.63, 3.8) is 0 Å². The van der Waals surface area contributed by atoms with Crippen molar-refractivity contribution in [2.24, 2.45) is 11.1 Å². The highest BCUT2D eigenvalue weighted by Crippen LogP contribution is 2.63. The number of methoxy groups -OCH3 is 1. The van der Waals surface area contributed by atoms with Crippen LogP contribution in [0.25, 0.3) is 0 Å². The van der Waals surface area contributed by atoms with Gasteiger partial charge in [0.25, 0.3) is 0 Å². The molecule has 0 spiro atoms. The molecule has 0 radical (unpaired) electrons. The second kappa shape index (κ2) is 6.31. The van der Waals surface area contributed by atoms with Crippen molar-refractivity contribution < 1.29 is 13.2 Å². The van der Waals surface area contributed by atoms with Gasteiger partial charge in [-0.15, -0.1) is 0 Å². The molecule has 1 saturated carbocycles. The molecule has 0 amide bonds. The third-order valence-corrected chi connectivity index (χ3v) is 7.35. The van der Waals surface area contributed by atoms with Crippen LogP contribution in [0.3, 0.4) is 0 Å². The van der Waals surface area contributed by atoms with Gasteiger partial charge in [0.15, 0.2) is 9.84 Å². The van der Waals surface area contributed by atoms with E-state index in [0.717, 1.165) is 11.1 Å². The molecule has 0 unspecified atom stereocenters. The molecule has 1 aliphatic rings. The maximum absolute atomic E-state index is 13.2. The maximum atomic E-state index is 13.2. The van der Waals surface area contributed by atoms with Crippen LogP contribution in [0.2, 0.25) is 0 Å². The van der Waals surface area contributed by atoms with E-state index in [-0.39, 0.29) is 12.5 Å². The van der Waals surface area contributed by atoms with E-state index in [1.165, 1.54) is 0 Å². The van der Waals surface area contributed by atoms with Crippen molar-refractivity contribution >= 4 is 9.84 Å².